The number of ketones is 1. The number of rotatable bonds is 8. The van der Waals surface area contributed by atoms with Crippen LogP contribution in [0.1, 0.15) is 50.4 Å². The lowest BCUT2D eigenvalue weighted by molar-refractivity contribution is -0.136. The molecule has 0 radical (unpaired) electrons. The molecule has 3 aromatic rings. The third-order valence-electron chi connectivity index (χ3n) is 4.70. The summed E-state index contributed by atoms with van der Waals surface area (Å²) in [6.45, 7) is 6.33. The smallest absolute Gasteiger partial charge is 0.357 e. The molecule has 10 heteroatoms. The summed E-state index contributed by atoms with van der Waals surface area (Å²) in [6, 6.07) is 9.10. The number of hydrogen-bond acceptors (Lipinski definition) is 8. The summed E-state index contributed by atoms with van der Waals surface area (Å²) in [4.78, 5) is 40.6. The Balaban J connectivity index is 1.81. The Hall–Kier alpha value is -4.08. The average Bonchev–Trinajstić information content (AvgIpc) is 3.33. The van der Waals surface area contributed by atoms with Gasteiger partial charge in [0.1, 0.15) is 0 Å². The highest BCUT2D eigenvalue weighted by molar-refractivity contribution is 6.16. The van der Waals surface area contributed by atoms with Crippen molar-refractivity contribution in [3.8, 4) is 0 Å². The number of aromatic nitrogens is 5. The summed E-state index contributed by atoms with van der Waals surface area (Å²) in [5, 5.41) is 11.2. The van der Waals surface area contributed by atoms with Gasteiger partial charge in [-0.25, -0.2) is 9.59 Å². The van der Waals surface area contributed by atoms with Gasteiger partial charge in [-0.3, -0.25) is 4.79 Å². The van der Waals surface area contributed by atoms with Crippen LogP contribution in [0.4, 0.5) is 0 Å². The molecule has 2 aromatic heterocycles. The molecule has 2 heterocycles. The normalized spacial score (nSPS) is 11.3. The Morgan fingerprint density at radius 3 is 2.44 bits per heavy atom. The Bertz CT molecular complexity index is 1180. The molecule has 0 aliphatic carbocycles. The number of aryl methyl sites for hydroxylation is 2. The molecule has 0 spiro atoms. The number of H-pyrrole nitrogens is 1. The molecule has 0 unspecified atom stereocenters. The van der Waals surface area contributed by atoms with Gasteiger partial charge in [-0.05, 0) is 55.3 Å². The van der Waals surface area contributed by atoms with E-state index >= 15 is 0 Å². The van der Waals surface area contributed by atoms with Gasteiger partial charge in [0.05, 0.1) is 17.9 Å². The fourth-order valence-electron chi connectivity index (χ4n) is 3.18. The first-order valence-electron chi connectivity index (χ1n) is 9.92. The van der Waals surface area contributed by atoms with Crippen molar-refractivity contribution in [1.29, 1.82) is 0 Å². The molecule has 0 aliphatic rings. The molecule has 0 amide bonds. The molecular weight excluding hydrogens is 414 g/mol. The molecule has 10 nitrogen and oxygen atoms in total. The fraction of sp³-hybridized carbons (Fsp3) is 0.273. The summed E-state index contributed by atoms with van der Waals surface area (Å²) in [6.07, 6.45) is 1.57. The van der Waals surface area contributed by atoms with E-state index in [1.807, 2.05) is 18.2 Å². The van der Waals surface area contributed by atoms with Crippen molar-refractivity contribution in [2.75, 3.05) is 13.2 Å². The number of carbonyl (C=O) groups is 3. The second kappa shape index (κ2) is 9.82. The average molecular weight is 437 g/mol. The van der Waals surface area contributed by atoms with Crippen LogP contribution >= 0.6 is 0 Å². The molecule has 1 N–H and O–H groups in total. The molecule has 32 heavy (non-hydrogen) atoms. The summed E-state index contributed by atoms with van der Waals surface area (Å²) >= 11 is 0. The monoisotopic (exact) mass is 437 g/mol. The number of aromatic amines is 1. The molecule has 3 rings (SSSR count). The zero-order chi connectivity index (χ0) is 23.3. The quantitative estimate of drug-likeness (QED) is 0.323. The second-order valence-electron chi connectivity index (χ2n) is 6.92. The van der Waals surface area contributed by atoms with E-state index in [1.165, 1.54) is 4.68 Å². The van der Waals surface area contributed by atoms with Crippen LogP contribution < -0.4 is 0 Å². The predicted molar refractivity (Wildman–Crippen MR) is 115 cm³/mol. The number of carbonyl (C=O) groups excluding carboxylic acids is 3. The van der Waals surface area contributed by atoms with Crippen LogP contribution in [-0.2, 0) is 14.3 Å². The zero-order valence-electron chi connectivity index (χ0n) is 18.2. The van der Waals surface area contributed by atoms with Crippen molar-refractivity contribution in [2.45, 2.75) is 27.7 Å². The van der Waals surface area contributed by atoms with Crippen LogP contribution in [0.2, 0.25) is 0 Å². The summed E-state index contributed by atoms with van der Waals surface area (Å²) in [5.41, 5.74) is 2.22. The van der Waals surface area contributed by atoms with E-state index in [-0.39, 0.29) is 18.0 Å². The van der Waals surface area contributed by atoms with Gasteiger partial charge in [0, 0.05) is 5.69 Å². The van der Waals surface area contributed by atoms with E-state index < -0.39 is 24.3 Å². The lowest BCUT2D eigenvalue weighted by atomic mass is 10.1. The molecule has 0 fully saturated rings. The fourth-order valence-corrected chi connectivity index (χ4v) is 3.18. The van der Waals surface area contributed by atoms with Crippen molar-refractivity contribution >= 4 is 29.5 Å². The topological polar surface area (TPSA) is 129 Å². The number of nitrogens with one attached hydrogen (secondary N) is 1. The number of ether oxygens (including phenoxy) is 2. The SMILES string of the molecule is CCOC(=O)c1c(C)[nH]c(C(=O)COC(=O)/C(=C/c2ccccc2)n2nnnc2C)c1C. The minimum Gasteiger partial charge on any atom is -0.462 e. The standard InChI is InChI=1S/C22H23N5O5/c1-5-31-22(30)19-13(2)20(23-14(19)3)18(28)12-32-21(29)17(27-15(4)24-25-26-27)11-16-9-7-6-8-10-16/h6-11,23H,5,12H2,1-4H3/b17-11-. The summed E-state index contributed by atoms with van der Waals surface area (Å²) in [7, 11) is 0. The summed E-state index contributed by atoms with van der Waals surface area (Å²) in [5.74, 6) is -1.39. The minimum absolute atomic E-state index is 0.0538. The number of hydrogen-bond donors (Lipinski definition) is 1. The lowest BCUT2D eigenvalue weighted by Crippen LogP contribution is -2.19. The van der Waals surface area contributed by atoms with Crippen molar-refractivity contribution < 1.29 is 23.9 Å². The third kappa shape index (κ3) is 4.80. The van der Waals surface area contributed by atoms with E-state index in [0.717, 1.165) is 5.56 Å². The van der Waals surface area contributed by atoms with E-state index in [2.05, 4.69) is 20.5 Å². The molecule has 0 aliphatic heterocycles. The van der Waals surface area contributed by atoms with Gasteiger partial charge in [0.15, 0.2) is 18.1 Å². The Morgan fingerprint density at radius 2 is 1.81 bits per heavy atom. The van der Waals surface area contributed by atoms with Gasteiger partial charge in [0.2, 0.25) is 5.78 Å². The number of esters is 2. The van der Waals surface area contributed by atoms with Crippen molar-refractivity contribution in [3.05, 3.63) is 64.2 Å². The summed E-state index contributed by atoms with van der Waals surface area (Å²) < 4.78 is 11.5. The van der Waals surface area contributed by atoms with Crippen molar-refractivity contribution in [1.82, 2.24) is 25.2 Å². The zero-order valence-corrected chi connectivity index (χ0v) is 18.2. The first kappa shape index (κ1) is 22.6. The molecule has 0 saturated heterocycles. The first-order valence-corrected chi connectivity index (χ1v) is 9.92. The molecular formula is C22H23N5O5. The Labute approximate surface area is 184 Å². The van der Waals surface area contributed by atoms with Crippen LogP contribution in [0, 0.1) is 20.8 Å². The maximum atomic E-state index is 12.8. The van der Waals surface area contributed by atoms with Crippen molar-refractivity contribution in [2.24, 2.45) is 0 Å². The minimum atomic E-state index is -0.774. The van der Waals surface area contributed by atoms with Crippen LogP contribution in [0.3, 0.4) is 0 Å². The number of Topliss-reactive ketones (excluding diaryl/α,β-unsaturated/α-hetero) is 1. The van der Waals surface area contributed by atoms with Gasteiger partial charge < -0.3 is 14.5 Å². The largest absolute Gasteiger partial charge is 0.462 e. The first-order chi connectivity index (χ1) is 15.3. The highest BCUT2D eigenvalue weighted by Gasteiger charge is 2.25. The van der Waals surface area contributed by atoms with Crippen LogP contribution in [0.25, 0.3) is 11.8 Å². The van der Waals surface area contributed by atoms with E-state index in [9.17, 15) is 14.4 Å². The van der Waals surface area contributed by atoms with Gasteiger partial charge in [-0.1, -0.05) is 30.3 Å². The molecule has 0 saturated carbocycles. The molecule has 1 aromatic carbocycles. The van der Waals surface area contributed by atoms with Gasteiger partial charge in [0.25, 0.3) is 0 Å². The van der Waals surface area contributed by atoms with E-state index in [4.69, 9.17) is 9.47 Å². The predicted octanol–water partition coefficient (Wildman–Crippen LogP) is 2.53. The van der Waals surface area contributed by atoms with Crippen LogP contribution in [0.5, 0.6) is 0 Å². The van der Waals surface area contributed by atoms with Gasteiger partial charge in [-0.2, -0.15) is 4.68 Å². The number of benzene rings is 1. The van der Waals surface area contributed by atoms with E-state index in [0.29, 0.717) is 22.6 Å². The molecule has 166 valence electrons. The molecule has 0 bridgehead atoms. The third-order valence-corrected chi connectivity index (χ3v) is 4.70. The highest BCUT2D eigenvalue weighted by atomic mass is 16.5. The lowest BCUT2D eigenvalue weighted by Gasteiger charge is -2.09. The van der Waals surface area contributed by atoms with Gasteiger partial charge in [-0.15, -0.1) is 5.10 Å². The Kier molecular flexibility index (Phi) is 6.93. The second-order valence-corrected chi connectivity index (χ2v) is 6.92. The highest BCUT2D eigenvalue weighted by Crippen LogP contribution is 2.20. The molecule has 0 atom stereocenters. The Morgan fingerprint density at radius 1 is 1.09 bits per heavy atom. The van der Waals surface area contributed by atoms with E-state index in [1.54, 1.807) is 45.9 Å². The maximum absolute atomic E-state index is 12.8. The van der Waals surface area contributed by atoms with Gasteiger partial charge >= 0.3 is 11.9 Å². The number of tetrazole rings is 1. The van der Waals surface area contributed by atoms with Crippen LogP contribution in [0.15, 0.2) is 30.3 Å². The van der Waals surface area contributed by atoms with Crippen molar-refractivity contribution in [3.63, 3.8) is 0 Å². The maximum Gasteiger partial charge on any atom is 0.357 e. The number of nitrogens with zero attached hydrogens (tertiary/aromatic N) is 4. The van der Waals surface area contributed by atoms with Crippen LogP contribution in [-0.4, -0.2) is 56.1 Å².